The van der Waals surface area contributed by atoms with Crippen molar-refractivity contribution in [3.8, 4) is 0 Å². The first kappa shape index (κ1) is 16.4. The lowest BCUT2D eigenvalue weighted by molar-refractivity contribution is -0.137. The Morgan fingerprint density at radius 1 is 1.14 bits per heavy atom. The van der Waals surface area contributed by atoms with Gasteiger partial charge >= 0.3 is 5.97 Å². The normalized spacial score (nSPS) is 9.19. The van der Waals surface area contributed by atoms with Crippen LogP contribution < -0.4 is 0 Å². The Bertz CT molecular complexity index is 648. The minimum Gasteiger partial charge on any atom is -0.458 e. The van der Waals surface area contributed by atoms with E-state index < -0.39 is 0 Å². The maximum absolute atomic E-state index is 10.5. The van der Waals surface area contributed by atoms with Gasteiger partial charge in [-0.3, -0.25) is 0 Å². The molecule has 0 amide bonds. The van der Waals surface area contributed by atoms with Gasteiger partial charge < -0.3 is 4.74 Å². The van der Waals surface area contributed by atoms with Crippen LogP contribution in [0.3, 0.4) is 0 Å². The molecule has 0 fully saturated rings. The second kappa shape index (κ2) is 8.54. The number of rotatable bonds is 4. The number of esters is 1. The Hall–Kier alpha value is -2.61. The summed E-state index contributed by atoms with van der Waals surface area (Å²) in [6.07, 6.45) is 3.41. The van der Waals surface area contributed by atoms with E-state index in [1.165, 1.54) is 22.4 Å². The summed E-state index contributed by atoms with van der Waals surface area (Å²) in [6.45, 7) is 12.4. The van der Waals surface area contributed by atoms with Crippen molar-refractivity contribution in [2.24, 2.45) is 0 Å². The fraction of sp³-hybridized carbons (Fsp3) is 0.105. The number of ether oxygens (including phenoxy) is 1. The standard InChI is InChI=1S/C12H10.C7H10O2/c1-2-10-7-5-8-11-6-3-4-9-12(10)11;1-4-5-9-7(8)6(2)3/h2-9H,1H2;4H,1-2,5H2,3H3. The number of benzene rings is 2. The fourth-order valence-corrected chi connectivity index (χ4v) is 1.69. The molecule has 0 N–H and O–H groups in total. The van der Waals surface area contributed by atoms with E-state index in [0.29, 0.717) is 5.57 Å². The quantitative estimate of drug-likeness (QED) is 0.458. The van der Waals surface area contributed by atoms with Crippen molar-refractivity contribution in [1.82, 2.24) is 0 Å². The molecule has 0 atom stereocenters. The number of hydrogen-bond donors (Lipinski definition) is 0. The van der Waals surface area contributed by atoms with Gasteiger partial charge in [-0.15, -0.1) is 0 Å². The molecule has 2 aromatic rings. The van der Waals surface area contributed by atoms with Gasteiger partial charge in [-0.1, -0.05) is 74.4 Å². The molecule has 0 aliphatic rings. The van der Waals surface area contributed by atoms with Gasteiger partial charge in [0.25, 0.3) is 0 Å². The zero-order valence-corrected chi connectivity index (χ0v) is 12.3. The zero-order valence-electron chi connectivity index (χ0n) is 12.3. The predicted octanol–water partition coefficient (Wildman–Crippen LogP) is 4.77. The lowest BCUT2D eigenvalue weighted by atomic mass is 10.1. The summed E-state index contributed by atoms with van der Waals surface area (Å²) in [6, 6.07) is 14.6. The van der Waals surface area contributed by atoms with Gasteiger partial charge in [0.1, 0.15) is 6.61 Å². The highest BCUT2D eigenvalue weighted by atomic mass is 16.5. The average molecular weight is 280 g/mol. The van der Waals surface area contributed by atoms with Crippen molar-refractivity contribution in [2.75, 3.05) is 6.61 Å². The monoisotopic (exact) mass is 280 g/mol. The molecular formula is C19H20O2. The highest BCUT2D eigenvalue weighted by Crippen LogP contribution is 2.18. The van der Waals surface area contributed by atoms with E-state index in [2.05, 4.69) is 66.9 Å². The van der Waals surface area contributed by atoms with Crippen LogP contribution in [0.2, 0.25) is 0 Å². The molecule has 0 radical (unpaired) electrons. The Kier molecular flexibility index (Phi) is 6.69. The molecule has 2 heteroatoms. The third kappa shape index (κ3) is 5.11. The van der Waals surface area contributed by atoms with Gasteiger partial charge in [0.2, 0.25) is 0 Å². The summed E-state index contributed by atoms with van der Waals surface area (Å²) < 4.78 is 4.60. The predicted molar refractivity (Wildman–Crippen MR) is 90.0 cm³/mol. The second-order valence-electron chi connectivity index (χ2n) is 4.44. The average Bonchev–Trinajstić information content (AvgIpc) is 2.52. The minimum absolute atomic E-state index is 0.256. The van der Waals surface area contributed by atoms with E-state index in [1.54, 1.807) is 6.92 Å². The van der Waals surface area contributed by atoms with E-state index >= 15 is 0 Å². The minimum atomic E-state index is -0.366. The van der Waals surface area contributed by atoms with E-state index in [-0.39, 0.29) is 12.6 Å². The molecule has 0 bridgehead atoms. The Labute approximate surface area is 126 Å². The molecule has 108 valence electrons. The molecule has 21 heavy (non-hydrogen) atoms. The summed E-state index contributed by atoms with van der Waals surface area (Å²) in [5.74, 6) is -0.366. The Balaban J connectivity index is 0.000000222. The smallest absolute Gasteiger partial charge is 0.333 e. The van der Waals surface area contributed by atoms with Crippen molar-refractivity contribution in [3.63, 3.8) is 0 Å². The number of fused-ring (bicyclic) bond motifs is 1. The maximum Gasteiger partial charge on any atom is 0.333 e. The third-order valence-corrected chi connectivity index (χ3v) is 2.72. The molecule has 0 saturated carbocycles. The third-order valence-electron chi connectivity index (χ3n) is 2.72. The van der Waals surface area contributed by atoms with Gasteiger partial charge in [-0.05, 0) is 23.3 Å². The van der Waals surface area contributed by atoms with E-state index in [9.17, 15) is 4.79 Å². The lowest BCUT2D eigenvalue weighted by Crippen LogP contribution is -2.03. The Morgan fingerprint density at radius 3 is 2.43 bits per heavy atom. The van der Waals surface area contributed by atoms with Crippen LogP contribution in [0.1, 0.15) is 12.5 Å². The van der Waals surface area contributed by atoms with Gasteiger partial charge in [-0.25, -0.2) is 4.79 Å². The Morgan fingerprint density at radius 2 is 1.81 bits per heavy atom. The van der Waals surface area contributed by atoms with Crippen molar-refractivity contribution >= 4 is 22.8 Å². The van der Waals surface area contributed by atoms with Crippen LogP contribution in [0.4, 0.5) is 0 Å². The molecule has 0 saturated heterocycles. The molecule has 2 aromatic carbocycles. The fourth-order valence-electron chi connectivity index (χ4n) is 1.69. The van der Waals surface area contributed by atoms with E-state index in [1.807, 2.05) is 6.08 Å². The zero-order chi connectivity index (χ0) is 15.7. The first-order valence-electron chi connectivity index (χ1n) is 6.64. The van der Waals surface area contributed by atoms with Crippen LogP contribution in [-0.2, 0) is 9.53 Å². The highest BCUT2D eigenvalue weighted by molar-refractivity contribution is 5.90. The molecule has 0 aromatic heterocycles. The van der Waals surface area contributed by atoms with Crippen molar-refractivity contribution in [3.05, 3.63) is 79.4 Å². The second-order valence-corrected chi connectivity index (χ2v) is 4.44. The van der Waals surface area contributed by atoms with Gasteiger partial charge in [-0.2, -0.15) is 0 Å². The summed E-state index contributed by atoms with van der Waals surface area (Å²) in [5, 5.41) is 2.55. The first-order chi connectivity index (χ1) is 10.1. The van der Waals surface area contributed by atoms with Crippen molar-refractivity contribution in [2.45, 2.75) is 6.92 Å². The summed E-state index contributed by atoms with van der Waals surface area (Å²) in [4.78, 5) is 10.5. The lowest BCUT2D eigenvalue weighted by Gasteiger charge is -1.99. The largest absolute Gasteiger partial charge is 0.458 e. The van der Waals surface area contributed by atoms with Crippen LogP contribution in [0.5, 0.6) is 0 Å². The molecule has 0 spiro atoms. The molecule has 0 aliphatic heterocycles. The summed E-state index contributed by atoms with van der Waals surface area (Å²) >= 11 is 0. The highest BCUT2D eigenvalue weighted by Gasteiger charge is 1.98. The molecule has 0 unspecified atom stereocenters. The summed E-state index contributed by atoms with van der Waals surface area (Å²) in [7, 11) is 0. The van der Waals surface area contributed by atoms with E-state index in [0.717, 1.165) is 0 Å². The van der Waals surface area contributed by atoms with Crippen LogP contribution in [0.25, 0.3) is 16.8 Å². The van der Waals surface area contributed by atoms with Gasteiger partial charge in [0, 0.05) is 5.57 Å². The van der Waals surface area contributed by atoms with Crippen LogP contribution in [0, 0.1) is 0 Å². The number of hydrogen-bond acceptors (Lipinski definition) is 2. The maximum atomic E-state index is 10.5. The van der Waals surface area contributed by atoms with Gasteiger partial charge in [0.05, 0.1) is 0 Å². The van der Waals surface area contributed by atoms with E-state index in [4.69, 9.17) is 0 Å². The molecule has 2 rings (SSSR count). The first-order valence-corrected chi connectivity index (χ1v) is 6.64. The molecular weight excluding hydrogens is 260 g/mol. The SMILES string of the molecule is C=CCOC(=O)C(=C)C.C=Cc1cccc2ccccc12. The van der Waals surface area contributed by atoms with Crippen LogP contribution >= 0.6 is 0 Å². The summed E-state index contributed by atoms with van der Waals surface area (Å²) in [5.41, 5.74) is 1.62. The molecule has 2 nitrogen and oxygen atoms in total. The number of carbonyl (C=O) groups excluding carboxylic acids is 1. The molecule has 0 heterocycles. The van der Waals surface area contributed by atoms with Crippen molar-refractivity contribution < 1.29 is 9.53 Å². The van der Waals surface area contributed by atoms with Crippen LogP contribution in [-0.4, -0.2) is 12.6 Å². The molecule has 0 aliphatic carbocycles. The van der Waals surface area contributed by atoms with Gasteiger partial charge in [0.15, 0.2) is 0 Å². The van der Waals surface area contributed by atoms with Crippen LogP contribution in [0.15, 0.2) is 73.9 Å². The van der Waals surface area contributed by atoms with Crippen molar-refractivity contribution in [1.29, 1.82) is 0 Å². The topological polar surface area (TPSA) is 26.3 Å². The number of carbonyl (C=O) groups is 1.